The lowest BCUT2D eigenvalue weighted by Crippen LogP contribution is -2.28. The Balaban J connectivity index is 1.48. The van der Waals surface area contributed by atoms with Gasteiger partial charge in [-0.2, -0.15) is 4.98 Å². The average molecular weight is 367 g/mol. The highest BCUT2D eigenvalue weighted by Crippen LogP contribution is 2.18. The molecular formula is C21H22FN3O2. The fourth-order valence-electron chi connectivity index (χ4n) is 2.84. The van der Waals surface area contributed by atoms with Gasteiger partial charge in [0.15, 0.2) is 0 Å². The molecule has 2 aromatic carbocycles. The SMILES string of the molecule is CCC(CNC(=O)CCc1nc(-c2ccc(F)cc2)no1)c1ccccc1. The van der Waals surface area contributed by atoms with Crippen molar-refractivity contribution >= 4 is 5.91 Å². The predicted octanol–water partition coefficient (Wildman–Crippen LogP) is 4.12. The molecule has 6 heteroatoms. The Hall–Kier alpha value is -3.02. The number of aryl methyl sites for hydroxylation is 1. The summed E-state index contributed by atoms with van der Waals surface area (Å²) in [6.45, 7) is 2.71. The first-order valence-corrected chi connectivity index (χ1v) is 9.06. The first-order valence-electron chi connectivity index (χ1n) is 9.06. The Morgan fingerprint density at radius 1 is 1.15 bits per heavy atom. The van der Waals surface area contributed by atoms with E-state index < -0.39 is 0 Å². The van der Waals surface area contributed by atoms with Crippen molar-refractivity contribution in [2.45, 2.75) is 32.1 Å². The van der Waals surface area contributed by atoms with Gasteiger partial charge in [-0.15, -0.1) is 0 Å². The standard InChI is InChI=1S/C21H22FN3O2/c1-2-15(16-6-4-3-5-7-16)14-23-19(26)12-13-20-24-21(25-27-20)17-8-10-18(22)11-9-17/h3-11,15H,2,12-14H2,1H3,(H,23,26). The monoisotopic (exact) mass is 367 g/mol. The molecule has 0 aliphatic carbocycles. The summed E-state index contributed by atoms with van der Waals surface area (Å²) in [6, 6.07) is 16.0. The summed E-state index contributed by atoms with van der Waals surface area (Å²) in [5.41, 5.74) is 1.89. The van der Waals surface area contributed by atoms with Crippen LogP contribution >= 0.6 is 0 Å². The molecule has 1 amide bonds. The van der Waals surface area contributed by atoms with Crippen molar-refractivity contribution < 1.29 is 13.7 Å². The minimum absolute atomic E-state index is 0.0501. The molecule has 140 valence electrons. The molecule has 0 saturated heterocycles. The molecule has 3 aromatic rings. The first-order chi connectivity index (χ1) is 13.2. The van der Waals surface area contributed by atoms with Gasteiger partial charge >= 0.3 is 0 Å². The van der Waals surface area contributed by atoms with Crippen molar-refractivity contribution in [3.8, 4) is 11.4 Å². The number of amides is 1. The third kappa shape index (κ3) is 5.23. The number of nitrogens with one attached hydrogen (secondary N) is 1. The average Bonchev–Trinajstić information content (AvgIpc) is 3.17. The van der Waals surface area contributed by atoms with Crippen LogP contribution in [0.3, 0.4) is 0 Å². The van der Waals surface area contributed by atoms with Gasteiger partial charge in [0.2, 0.25) is 17.6 Å². The molecule has 0 radical (unpaired) electrons. The molecule has 0 bridgehead atoms. The van der Waals surface area contributed by atoms with Crippen LogP contribution in [0.4, 0.5) is 4.39 Å². The van der Waals surface area contributed by atoms with Gasteiger partial charge in [-0.1, -0.05) is 42.4 Å². The number of aromatic nitrogens is 2. The van der Waals surface area contributed by atoms with Gasteiger partial charge in [0, 0.05) is 30.9 Å². The molecule has 3 rings (SSSR count). The summed E-state index contributed by atoms with van der Waals surface area (Å²) in [5.74, 6) is 0.703. The Kier molecular flexibility index (Phi) is 6.30. The number of carbonyl (C=O) groups excluding carboxylic acids is 1. The van der Waals surface area contributed by atoms with Gasteiger partial charge in [0.25, 0.3) is 0 Å². The summed E-state index contributed by atoms with van der Waals surface area (Å²) in [7, 11) is 0. The lowest BCUT2D eigenvalue weighted by atomic mass is 9.96. The molecular weight excluding hydrogens is 345 g/mol. The largest absolute Gasteiger partial charge is 0.355 e. The Morgan fingerprint density at radius 3 is 2.59 bits per heavy atom. The van der Waals surface area contributed by atoms with Gasteiger partial charge in [0.05, 0.1) is 0 Å². The van der Waals surface area contributed by atoms with Gasteiger partial charge in [-0.25, -0.2) is 4.39 Å². The summed E-state index contributed by atoms with van der Waals surface area (Å²) in [4.78, 5) is 16.4. The van der Waals surface area contributed by atoms with E-state index in [-0.39, 0.29) is 18.1 Å². The van der Waals surface area contributed by atoms with Crippen LogP contribution in [0.15, 0.2) is 59.1 Å². The third-order valence-electron chi connectivity index (χ3n) is 4.45. The van der Waals surface area contributed by atoms with Crippen molar-refractivity contribution in [3.63, 3.8) is 0 Å². The van der Waals surface area contributed by atoms with Gasteiger partial charge in [0.1, 0.15) is 5.82 Å². The number of benzene rings is 2. The van der Waals surface area contributed by atoms with E-state index in [2.05, 4.69) is 34.5 Å². The van der Waals surface area contributed by atoms with Gasteiger partial charge < -0.3 is 9.84 Å². The van der Waals surface area contributed by atoms with E-state index in [9.17, 15) is 9.18 Å². The summed E-state index contributed by atoms with van der Waals surface area (Å²) in [5, 5.41) is 6.86. The van der Waals surface area contributed by atoms with E-state index in [0.29, 0.717) is 36.2 Å². The normalized spacial score (nSPS) is 11.9. The Morgan fingerprint density at radius 2 is 1.89 bits per heavy atom. The van der Waals surface area contributed by atoms with E-state index in [1.807, 2.05) is 18.2 Å². The summed E-state index contributed by atoms with van der Waals surface area (Å²) >= 11 is 0. The van der Waals surface area contributed by atoms with Crippen molar-refractivity contribution in [1.82, 2.24) is 15.5 Å². The molecule has 1 heterocycles. The van der Waals surface area contributed by atoms with E-state index >= 15 is 0 Å². The summed E-state index contributed by atoms with van der Waals surface area (Å²) in [6.07, 6.45) is 1.59. The first kappa shape index (κ1) is 18.8. The fraction of sp³-hybridized carbons (Fsp3) is 0.286. The molecule has 1 aromatic heterocycles. The molecule has 27 heavy (non-hydrogen) atoms. The number of carbonyl (C=O) groups is 1. The molecule has 0 spiro atoms. The zero-order valence-corrected chi connectivity index (χ0v) is 15.2. The van der Waals surface area contributed by atoms with Crippen LogP contribution in [-0.2, 0) is 11.2 Å². The molecule has 0 aliphatic rings. The number of hydrogen-bond donors (Lipinski definition) is 1. The molecule has 0 saturated carbocycles. The Bertz CT molecular complexity index is 863. The lowest BCUT2D eigenvalue weighted by molar-refractivity contribution is -0.121. The number of rotatable bonds is 8. The highest BCUT2D eigenvalue weighted by molar-refractivity contribution is 5.76. The van der Waals surface area contributed by atoms with Crippen LogP contribution in [0.1, 0.15) is 37.1 Å². The van der Waals surface area contributed by atoms with Crippen molar-refractivity contribution in [2.24, 2.45) is 0 Å². The van der Waals surface area contributed by atoms with Crippen LogP contribution in [-0.4, -0.2) is 22.6 Å². The van der Waals surface area contributed by atoms with E-state index in [1.54, 1.807) is 12.1 Å². The number of nitrogens with zero attached hydrogens (tertiary/aromatic N) is 2. The highest BCUT2D eigenvalue weighted by Gasteiger charge is 2.13. The number of halogens is 1. The van der Waals surface area contributed by atoms with Crippen molar-refractivity contribution in [3.05, 3.63) is 71.9 Å². The van der Waals surface area contributed by atoms with Crippen LogP contribution in [0.5, 0.6) is 0 Å². The minimum Gasteiger partial charge on any atom is -0.355 e. The third-order valence-corrected chi connectivity index (χ3v) is 4.45. The molecule has 0 fully saturated rings. The molecule has 1 atom stereocenters. The zero-order chi connectivity index (χ0) is 19.1. The van der Waals surface area contributed by atoms with E-state index in [4.69, 9.17) is 4.52 Å². The maximum Gasteiger partial charge on any atom is 0.227 e. The smallest absolute Gasteiger partial charge is 0.227 e. The zero-order valence-electron chi connectivity index (χ0n) is 15.2. The molecule has 5 nitrogen and oxygen atoms in total. The highest BCUT2D eigenvalue weighted by atomic mass is 19.1. The fourth-order valence-corrected chi connectivity index (χ4v) is 2.84. The van der Waals surface area contributed by atoms with Crippen molar-refractivity contribution in [2.75, 3.05) is 6.54 Å². The molecule has 1 N–H and O–H groups in total. The van der Waals surface area contributed by atoms with Crippen molar-refractivity contribution in [1.29, 1.82) is 0 Å². The van der Waals surface area contributed by atoms with Gasteiger partial charge in [-0.05, 0) is 36.2 Å². The van der Waals surface area contributed by atoms with Crippen LogP contribution < -0.4 is 5.32 Å². The lowest BCUT2D eigenvalue weighted by Gasteiger charge is -2.16. The van der Waals surface area contributed by atoms with Crippen LogP contribution in [0, 0.1) is 5.82 Å². The van der Waals surface area contributed by atoms with E-state index in [1.165, 1.54) is 17.7 Å². The molecule has 0 aliphatic heterocycles. The summed E-state index contributed by atoms with van der Waals surface area (Å²) < 4.78 is 18.2. The second-order valence-corrected chi connectivity index (χ2v) is 6.34. The quantitative estimate of drug-likeness (QED) is 0.650. The topological polar surface area (TPSA) is 68.0 Å². The van der Waals surface area contributed by atoms with Crippen LogP contribution in [0.25, 0.3) is 11.4 Å². The van der Waals surface area contributed by atoms with E-state index in [0.717, 1.165) is 6.42 Å². The molecule has 1 unspecified atom stereocenters. The van der Waals surface area contributed by atoms with Crippen LogP contribution in [0.2, 0.25) is 0 Å². The Labute approximate surface area is 157 Å². The number of hydrogen-bond acceptors (Lipinski definition) is 4. The maximum absolute atomic E-state index is 13.0. The van der Waals surface area contributed by atoms with Gasteiger partial charge in [-0.3, -0.25) is 4.79 Å². The maximum atomic E-state index is 13.0. The second kappa shape index (κ2) is 9.07. The predicted molar refractivity (Wildman–Crippen MR) is 100 cm³/mol. The second-order valence-electron chi connectivity index (χ2n) is 6.34. The minimum atomic E-state index is -0.319.